The number of benzene rings is 5. The molecule has 52 heavy (non-hydrogen) atoms. The van der Waals surface area contributed by atoms with E-state index in [4.69, 9.17) is 0 Å². The quantitative estimate of drug-likeness (QED) is 0.165. The van der Waals surface area contributed by atoms with E-state index in [0.717, 1.165) is 12.8 Å². The molecule has 0 spiro atoms. The van der Waals surface area contributed by atoms with E-state index in [1.165, 1.54) is 36.4 Å². The topological polar surface area (TPSA) is 139 Å². The van der Waals surface area contributed by atoms with Gasteiger partial charge in [-0.25, -0.2) is 24.8 Å². The van der Waals surface area contributed by atoms with Crippen molar-refractivity contribution in [3.63, 3.8) is 0 Å². The third kappa shape index (κ3) is 5.06. The molecule has 3 heterocycles. The first-order chi connectivity index (χ1) is 25.1. The van der Waals surface area contributed by atoms with E-state index < -0.39 is 31.9 Å². The minimum atomic E-state index is -4.40. The van der Waals surface area contributed by atoms with Gasteiger partial charge < -0.3 is 0 Å². The molecule has 1 aliphatic heterocycles. The smallest absolute Gasteiger partial charge is 0.268 e. The molecule has 8 rings (SSSR count). The standard InChI is InChI=1S/C40H26N4O6S2/c41-25-29-15-7-8-16-30(29)26-42-39(45)37(35-23-27-13-9-11-21-33(27)43(35)51(47,48)31-17-3-1-4-18-31)38(40(42)46)36-24-28-14-10-12-22-34(28)44(36)52(49,50)32-19-5-2-6-20-32/h1-24H,26H2. The van der Waals surface area contributed by atoms with Gasteiger partial charge in [-0.05, 0) is 60.2 Å². The van der Waals surface area contributed by atoms with Crippen LogP contribution in [0.4, 0.5) is 0 Å². The Kier molecular flexibility index (Phi) is 7.75. The summed E-state index contributed by atoms with van der Waals surface area (Å²) in [4.78, 5) is 30.5. The molecular formula is C40H26N4O6S2. The van der Waals surface area contributed by atoms with Gasteiger partial charge in [0.15, 0.2) is 0 Å². The third-order valence-electron chi connectivity index (χ3n) is 9.04. The number of fused-ring (bicyclic) bond motifs is 2. The van der Waals surface area contributed by atoms with Gasteiger partial charge >= 0.3 is 0 Å². The molecule has 1 aliphatic rings. The van der Waals surface area contributed by atoms with E-state index in [1.54, 1.807) is 109 Å². The Morgan fingerprint density at radius 1 is 0.519 bits per heavy atom. The molecule has 254 valence electrons. The Hall–Kier alpha value is -6.55. The largest absolute Gasteiger partial charge is 0.270 e. The molecule has 0 aliphatic carbocycles. The van der Waals surface area contributed by atoms with Crippen LogP contribution in [0.1, 0.15) is 22.5 Å². The lowest BCUT2D eigenvalue weighted by atomic mass is 10.0. The fourth-order valence-electron chi connectivity index (χ4n) is 6.65. The van der Waals surface area contributed by atoms with Gasteiger partial charge in [0, 0.05) is 10.8 Å². The number of carbonyl (C=O) groups excluding carboxylic acids is 2. The molecule has 0 atom stereocenters. The van der Waals surface area contributed by atoms with Crippen molar-refractivity contribution in [1.29, 1.82) is 5.26 Å². The number of imide groups is 1. The van der Waals surface area contributed by atoms with Crippen LogP contribution >= 0.6 is 0 Å². The summed E-state index contributed by atoms with van der Waals surface area (Å²) < 4.78 is 60.1. The second-order valence-corrected chi connectivity index (χ2v) is 15.6. The number of hydrogen-bond acceptors (Lipinski definition) is 7. The van der Waals surface area contributed by atoms with Gasteiger partial charge in [-0.2, -0.15) is 5.26 Å². The van der Waals surface area contributed by atoms with Gasteiger partial charge in [-0.1, -0.05) is 91.0 Å². The van der Waals surface area contributed by atoms with E-state index >= 15 is 0 Å². The summed E-state index contributed by atoms with van der Waals surface area (Å²) in [7, 11) is -8.80. The van der Waals surface area contributed by atoms with Gasteiger partial charge in [0.2, 0.25) is 0 Å². The van der Waals surface area contributed by atoms with Gasteiger partial charge in [-0.15, -0.1) is 0 Å². The Morgan fingerprint density at radius 3 is 1.38 bits per heavy atom. The number of para-hydroxylation sites is 2. The van der Waals surface area contributed by atoms with Crippen LogP contribution in [0.2, 0.25) is 0 Å². The lowest BCUT2D eigenvalue weighted by molar-refractivity contribution is -0.136. The van der Waals surface area contributed by atoms with Crippen LogP contribution in [0, 0.1) is 11.3 Å². The van der Waals surface area contributed by atoms with Crippen LogP contribution in [0.25, 0.3) is 33.0 Å². The van der Waals surface area contributed by atoms with Crippen LogP contribution in [0.5, 0.6) is 0 Å². The third-order valence-corrected chi connectivity index (χ3v) is 12.5. The Labute approximate surface area is 298 Å². The first-order valence-corrected chi connectivity index (χ1v) is 18.9. The lowest BCUT2D eigenvalue weighted by Gasteiger charge is -2.17. The zero-order chi connectivity index (χ0) is 36.2. The summed E-state index contributed by atoms with van der Waals surface area (Å²) in [5, 5.41) is 10.8. The van der Waals surface area contributed by atoms with Crippen LogP contribution in [0.15, 0.2) is 155 Å². The monoisotopic (exact) mass is 722 g/mol. The van der Waals surface area contributed by atoms with Gasteiger partial charge in [-0.3, -0.25) is 14.5 Å². The Bertz CT molecular complexity index is 2730. The van der Waals surface area contributed by atoms with E-state index in [-0.39, 0.29) is 55.5 Å². The summed E-state index contributed by atoms with van der Waals surface area (Å²) in [5.41, 5.74) is 0.261. The highest BCUT2D eigenvalue weighted by Crippen LogP contribution is 2.42. The molecule has 10 nitrogen and oxygen atoms in total. The predicted molar refractivity (Wildman–Crippen MR) is 195 cm³/mol. The van der Waals surface area contributed by atoms with Crippen LogP contribution in [-0.4, -0.2) is 41.5 Å². The Balaban J connectivity index is 1.48. The van der Waals surface area contributed by atoms with E-state index in [0.29, 0.717) is 16.3 Å². The molecule has 12 heteroatoms. The molecule has 0 saturated heterocycles. The number of amides is 2. The molecule has 7 aromatic rings. The maximum atomic E-state index is 14.8. The van der Waals surface area contributed by atoms with Gasteiger partial charge in [0.1, 0.15) is 0 Å². The zero-order valence-electron chi connectivity index (χ0n) is 27.1. The highest BCUT2D eigenvalue weighted by Gasteiger charge is 2.44. The van der Waals surface area contributed by atoms with Crippen molar-refractivity contribution in [1.82, 2.24) is 12.8 Å². The molecule has 2 amide bonds. The molecule has 2 aromatic heterocycles. The number of nitrogens with zero attached hydrogens (tertiary/aromatic N) is 4. The van der Waals surface area contributed by atoms with Crippen molar-refractivity contribution in [2.45, 2.75) is 16.3 Å². The van der Waals surface area contributed by atoms with E-state index in [1.807, 2.05) is 0 Å². The highest BCUT2D eigenvalue weighted by molar-refractivity contribution is 7.90. The molecule has 0 radical (unpaired) electrons. The number of aromatic nitrogens is 2. The Morgan fingerprint density at radius 2 is 0.923 bits per heavy atom. The SMILES string of the molecule is N#Cc1ccccc1CN1C(=O)C(c2cc3ccccc3n2S(=O)(=O)c2ccccc2)=C(c2cc3ccccc3n2S(=O)(=O)c2ccccc2)C1=O. The summed E-state index contributed by atoms with van der Waals surface area (Å²) in [5.74, 6) is -1.71. The molecular weight excluding hydrogens is 697 g/mol. The van der Waals surface area contributed by atoms with Crippen molar-refractivity contribution >= 4 is 64.8 Å². The normalized spacial score (nSPS) is 13.7. The zero-order valence-corrected chi connectivity index (χ0v) is 28.8. The number of nitriles is 1. The van der Waals surface area contributed by atoms with Gasteiger partial charge in [0.05, 0.1) is 61.5 Å². The fourth-order valence-corrected chi connectivity index (χ4v) is 9.73. The molecule has 0 saturated carbocycles. The number of hydrogen-bond donors (Lipinski definition) is 0. The average molecular weight is 723 g/mol. The second-order valence-electron chi connectivity index (χ2n) is 12.1. The van der Waals surface area contributed by atoms with E-state index in [9.17, 15) is 31.7 Å². The maximum absolute atomic E-state index is 14.8. The molecule has 5 aromatic carbocycles. The number of rotatable bonds is 8. The van der Waals surface area contributed by atoms with Gasteiger partial charge in [0.25, 0.3) is 31.9 Å². The highest BCUT2D eigenvalue weighted by atomic mass is 32.2. The molecule has 0 bridgehead atoms. The van der Waals surface area contributed by atoms with Crippen molar-refractivity contribution in [3.8, 4) is 6.07 Å². The minimum absolute atomic E-state index is 0.0582. The van der Waals surface area contributed by atoms with Crippen molar-refractivity contribution in [2.75, 3.05) is 0 Å². The second kappa shape index (κ2) is 12.3. The van der Waals surface area contributed by atoms with Crippen LogP contribution < -0.4 is 0 Å². The summed E-state index contributed by atoms with van der Waals surface area (Å²) in [6.45, 7) is -0.328. The first-order valence-electron chi connectivity index (χ1n) is 16.0. The number of carbonyl (C=O) groups is 2. The van der Waals surface area contributed by atoms with Crippen molar-refractivity contribution in [2.24, 2.45) is 0 Å². The lowest BCUT2D eigenvalue weighted by Crippen LogP contribution is -2.32. The average Bonchev–Trinajstić information content (AvgIpc) is 3.82. The first kappa shape index (κ1) is 32.6. The molecule has 0 unspecified atom stereocenters. The maximum Gasteiger partial charge on any atom is 0.268 e. The minimum Gasteiger partial charge on any atom is -0.270 e. The van der Waals surface area contributed by atoms with E-state index in [2.05, 4.69) is 6.07 Å². The summed E-state index contributed by atoms with van der Waals surface area (Å²) in [6.07, 6.45) is 0. The molecule has 0 fully saturated rings. The molecule has 0 N–H and O–H groups in total. The van der Waals surface area contributed by atoms with Crippen molar-refractivity contribution in [3.05, 3.63) is 168 Å². The van der Waals surface area contributed by atoms with Crippen molar-refractivity contribution < 1.29 is 26.4 Å². The summed E-state index contributed by atoms with van der Waals surface area (Å²) >= 11 is 0. The van der Waals surface area contributed by atoms with Crippen LogP contribution in [0.3, 0.4) is 0 Å². The fraction of sp³-hybridized carbons (Fsp3) is 0.0250. The summed E-state index contributed by atoms with van der Waals surface area (Å²) in [6, 6.07) is 40.3. The van der Waals surface area contributed by atoms with Crippen LogP contribution in [-0.2, 0) is 36.2 Å². The predicted octanol–water partition coefficient (Wildman–Crippen LogP) is 6.42.